The van der Waals surface area contributed by atoms with E-state index < -0.39 is 17.3 Å². The van der Waals surface area contributed by atoms with Crippen LogP contribution in [0.1, 0.15) is 36.0 Å². The SMILES string of the molecule is CN(C)CC1CCC/C(=C\c2ccc(Cl)cc2)C1(O)c1cccc(C(F)(F)F)c1. The van der Waals surface area contributed by atoms with Crippen molar-refractivity contribution in [2.75, 3.05) is 20.6 Å². The molecule has 0 radical (unpaired) electrons. The van der Waals surface area contributed by atoms with Crippen LogP contribution in [-0.2, 0) is 11.8 Å². The van der Waals surface area contributed by atoms with Crippen LogP contribution in [0.15, 0.2) is 54.1 Å². The fraction of sp³-hybridized carbons (Fsp3) is 0.391. The molecule has 0 aliphatic heterocycles. The van der Waals surface area contributed by atoms with E-state index in [4.69, 9.17) is 11.6 Å². The molecule has 0 saturated heterocycles. The highest BCUT2D eigenvalue weighted by Gasteiger charge is 2.45. The number of hydrogen-bond donors (Lipinski definition) is 1. The average Bonchev–Trinajstić information content (AvgIpc) is 2.66. The Bertz CT molecular complexity index is 876. The zero-order valence-electron chi connectivity index (χ0n) is 16.5. The van der Waals surface area contributed by atoms with Crippen molar-refractivity contribution in [1.82, 2.24) is 4.90 Å². The van der Waals surface area contributed by atoms with Gasteiger partial charge in [-0.05, 0) is 74.3 Å². The highest BCUT2D eigenvalue weighted by atomic mass is 35.5. The largest absolute Gasteiger partial charge is 0.416 e. The van der Waals surface area contributed by atoms with Crippen molar-refractivity contribution in [2.24, 2.45) is 5.92 Å². The summed E-state index contributed by atoms with van der Waals surface area (Å²) in [5.41, 5.74) is -0.330. The van der Waals surface area contributed by atoms with Crippen LogP contribution in [-0.4, -0.2) is 30.6 Å². The maximum Gasteiger partial charge on any atom is 0.416 e. The van der Waals surface area contributed by atoms with E-state index in [1.807, 2.05) is 37.2 Å². The molecule has 0 amide bonds. The third kappa shape index (κ3) is 4.85. The Kier molecular flexibility index (Phi) is 6.42. The van der Waals surface area contributed by atoms with Gasteiger partial charge in [0.25, 0.3) is 0 Å². The van der Waals surface area contributed by atoms with Crippen molar-refractivity contribution in [3.05, 3.63) is 75.8 Å². The zero-order chi connectivity index (χ0) is 21.2. The summed E-state index contributed by atoms with van der Waals surface area (Å²) >= 11 is 5.96. The van der Waals surface area contributed by atoms with Gasteiger partial charge in [-0.15, -0.1) is 0 Å². The molecule has 1 aliphatic carbocycles. The fourth-order valence-electron chi connectivity index (χ4n) is 4.16. The second-order valence-electron chi connectivity index (χ2n) is 7.92. The highest BCUT2D eigenvalue weighted by molar-refractivity contribution is 6.30. The molecule has 1 saturated carbocycles. The first kappa shape index (κ1) is 21.9. The van der Waals surface area contributed by atoms with Crippen molar-refractivity contribution in [2.45, 2.75) is 31.0 Å². The standard InChI is InChI=1S/C23H25ClF3NO/c1-28(2)15-20-8-4-5-17(13-16-9-11-21(24)12-10-16)22(20,29)18-6-3-7-19(14-18)23(25,26)27/h3,6-7,9-14,20,29H,4-5,8,15H2,1-2H3/b17-13+. The van der Waals surface area contributed by atoms with E-state index in [1.165, 1.54) is 6.07 Å². The van der Waals surface area contributed by atoms with E-state index in [0.29, 0.717) is 23.6 Å². The van der Waals surface area contributed by atoms with Gasteiger partial charge in [0.15, 0.2) is 0 Å². The summed E-state index contributed by atoms with van der Waals surface area (Å²) in [6.45, 7) is 0.574. The number of halogens is 4. The smallest absolute Gasteiger partial charge is 0.380 e. The third-order valence-electron chi connectivity index (χ3n) is 5.51. The summed E-state index contributed by atoms with van der Waals surface area (Å²) in [7, 11) is 3.81. The van der Waals surface area contributed by atoms with Crippen molar-refractivity contribution in [1.29, 1.82) is 0 Å². The van der Waals surface area contributed by atoms with Crippen LogP contribution in [0.25, 0.3) is 6.08 Å². The summed E-state index contributed by atoms with van der Waals surface area (Å²) < 4.78 is 40.0. The summed E-state index contributed by atoms with van der Waals surface area (Å²) in [5, 5.41) is 12.5. The van der Waals surface area contributed by atoms with Gasteiger partial charge in [0, 0.05) is 17.5 Å². The molecule has 3 rings (SSSR count). The first-order chi connectivity index (χ1) is 13.6. The second kappa shape index (κ2) is 8.50. The van der Waals surface area contributed by atoms with E-state index >= 15 is 0 Å². The molecule has 2 unspecified atom stereocenters. The van der Waals surface area contributed by atoms with Gasteiger partial charge >= 0.3 is 6.18 Å². The van der Waals surface area contributed by atoms with E-state index in [1.54, 1.807) is 18.2 Å². The minimum atomic E-state index is -4.46. The zero-order valence-corrected chi connectivity index (χ0v) is 17.3. The Hall–Kier alpha value is -1.82. The van der Waals surface area contributed by atoms with Crippen molar-refractivity contribution in [3.63, 3.8) is 0 Å². The van der Waals surface area contributed by atoms with Crippen LogP contribution < -0.4 is 0 Å². The molecule has 2 aromatic carbocycles. The van der Waals surface area contributed by atoms with Gasteiger partial charge in [0.2, 0.25) is 0 Å². The van der Waals surface area contributed by atoms with Gasteiger partial charge in [-0.2, -0.15) is 13.2 Å². The Labute approximate surface area is 174 Å². The molecule has 1 fully saturated rings. The van der Waals surface area contributed by atoms with E-state index in [9.17, 15) is 18.3 Å². The lowest BCUT2D eigenvalue weighted by Crippen LogP contribution is -2.44. The lowest BCUT2D eigenvalue weighted by atomic mass is 9.67. The molecule has 156 valence electrons. The molecule has 2 aromatic rings. The summed E-state index contributed by atoms with van der Waals surface area (Å²) in [6, 6.07) is 12.3. The number of rotatable bonds is 4. The Morgan fingerprint density at radius 3 is 2.48 bits per heavy atom. The van der Waals surface area contributed by atoms with E-state index in [-0.39, 0.29) is 5.92 Å². The van der Waals surface area contributed by atoms with Gasteiger partial charge in [-0.3, -0.25) is 0 Å². The molecular formula is C23H25ClF3NO. The van der Waals surface area contributed by atoms with Crippen LogP contribution in [0.5, 0.6) is 0 Å². The number of hydrogen-bond acceptors (Lipinski definition) is 2. The van der Waals surface area contributed by atoms with Crippen molar-refractivity contribution < 1.29 is 18.3 Å². The lowest BCUT2D eigenvalue weighted by molar-refractivity contribution is -0.137. The average molecular weight is 424 g/mol. The Morgan fingerprint density at radius 2 is 1.86 bits per heavy atom. The first-order valence-corrected chi connectivity index (χ1v) is 10.00. The molecule has 0 bridgehead atoms. The maximum absolute atomic E-state index is 13.3. The van der Waals surface area contributed by atoms with Crippen molar-refractivity contribution >= 4 is 17.7 Å². The molecule has 1 N–H and O–H groups in total. The number of alkyl halides is 3. The summed E-state index contributed by atoms with van der Waals surface area (Å²) in [6.07, 6.45) is -0.335. The van der Waals surface area contributed by atoms with Gasteiger partial charge in [0.05, 0.1) is 5.56 Å². The minimum absolute atomic E-state index is 0.215. The summed E-state index contributed by atoms with van der Waals surface area (Å²) in [4.78, 5) is 1.97. The number of aliphatic hydroxyl groups is 1. The van der Waals surface area contributed by atoms with Crippen LogP contribution in [0.3, 0.4) is 0 Å². The lowest BCUT2D eigenvalue weighted by Gasteiger charge is -2.44. The number of benzene rings is 2. The third-order valence-corrected chi connectivity index (χ3v) is 5.76. The van der Waals surface area contributed by atoms with Gasteiger partial charge < -0.3 is 10.0 Å². The predicted molar refractivity (Wildman–Crippen MR) is 111 cm³/mol. The van der Waals surface area contributed by atoms with Crippen molar-refractivity contribution in [3.8, 4) is 0 Å². The fourth-order valence-corrected chi connectivity index (χ4v) is 4.29. The monoisotopic (exact) mass is 423 g/mol. The topological polar surface area (TPSA) is 23.5 Å². The molecular weight excluding hydrogens is 399 g/mol. The predicted octanol–water partition coefficient (Wildman–Crippen LogP) is 5.99. The number of nitrogens with zero attached hydrogens (tertiary/aromatic N) is 1. The molecule has 29 heavy (non-hydrogen) atoms. The van der Waals surface area contributed by atoms with Crippen LogP contribution in [0.4, 0.5) is 13.2 Å². The molecule has 0 heterocycles. The van der Waals surface area contributed by atoms with E-state index in [0.717, 1.165) is 36.1 Å². The van der Waals surface area contributed by atoms with Gasteiger partial charge in [-0.1, -0.05) is 41.9 Å². The van der Waals surface area contributed by atoms with Crippen LogP contribution >= 0.6 is 11.6 Å². The van der Waals surface area contributed by atoms with Crippen LogP contribution in [0.2, 0.25) is 5.02 Å². The molecule has 2 atom stereocenters. The molecule has 0 spiro atoms. The first-order valence-electron chi connectivity index (χ1n) is 9.62. The van der Waals surface area contributed by atoms with Crippen LogP contribution in [0, 0.1) is 5.92 Å². The molecule has 0 aromatic heterocycles. The summed E-state index contributed by atoms with van der Waals surface area (Å²) in [5.74, 6) is -0.215. The maximum atomic E-state index is 13.3. The second-order valence-corrected chi connectivity index (χ2v) is 8.35. The quantitative estimate of drug-likeness (QED) is 0.652. The van der Waals surface area contributed by atoms with Gasteiger partial charge in [0.1, 0.15) is 5.60 Å². The Morgan fingerprint density at radius 1 is 1.17 bits per heavy atom. The molecule has 2 nitrogen and oxygen atoms in total. The molecule has 1 aliphatic rings. The Balaban J connectivity index is 2.13. The normalized spacial score (nSPS) is 24.3. The highest BCUT2D eigenvalue weighted by Crippen LogP contribution is 2.47. The van der Waals surface area contributed by atoms with Gasteiger partial charge in [-0.25, -0.2) is 0 Å². The van der Waals surface area contributed by atoms with E-state index in [2.05, 4.69) is 0 Å². The minimum Gasteiger partial charge on any atom is -0.380 e. The molecule has 6 heteroatoms.